The van der Waals surface area contributed by atoms with Gasteiger partial charge in [0.15, 0.2) is 0 Å². The van der Waals surface area contributed by atoms with E-state index in [1.807, 2.05) is 25.3 Å². The lowest BCUT2D eigenvalue weighted by Crippen LogP contribution is -2.56. The van der Waals surface area contributed by atoms with E-state index in [0.717, 1.165) is 74.5 Å². The average molecular weight is 627 g/mol. The maximum Gasteiger partial charge on any atom is 0.264 e. The highest BCUT2D eigenvalue weighted by atomic mass is 35.5. The number of benzene rings is 1. The van der Waals surface area contributed by atoms with Gasteiger partial charge >= 0.3 is 0 Å². The SMILES string of the molecule is CO[C@@H]1C2=CCC(CC2)CS(=O)(=O)NC(=O)c2ccc3c(c2)N(C[C@@H]2CC[C@H]21)C[C@@]1(CCCC2C=C(Cl)C=CC21C)CO3. The number of hydrogen-bond donors (Lipinski definition) is 1. The highest BCUT2D eigenvalue weighted by molar-refractivity contribution is 7.90. The molecule has 3 unspecified atom stereocenters. The van der Waals surface area contributed by atoms with Crippen molar-refractivity contribution in [3.05, 3.63) is 58.7 Å². The number of allylic oxidation sites excluding steroid dienone is 5. The van der Waals surface area contributed by atoms with Crippen LogP contribution in [0.3, 0.4) is 0 Å². The molecule has 1 N–H and O–H groups in total. The summed E-state index contributed by atoms with van der Waals surface area (Å²) >= 11 is 6.51. The smallest absolute Gasteiger partial charge is 0.264 e. The molecular formula is C34H43ClN2O5S. The van der Waals surface area contributed by atoms with Crippen LogP contribution in [-0.2, 0) is 14.8 Å². The zero-order valence-electron chi connectivity index (χ0n) is 25.2. The third kappa shape index (κ3) is 5.15. The van der Waals surface area contributed by atoms with Crippen LogP contribution in [-0.4, -0.2) is 53.0 Å². The Morgan fingerprint density at radius 1 is 1.19 bits per heavy atom. The number of fused-ring (bicyclic) bond motifs is 7. The lowest BCUT2D eigenvalue weighted by Gasteiger charge is -2.56. The first-order valence-corrected chi connectivity index (χ1v) is 18.0. The van der Waals surface area contributed by atoms with Crippen molar-refractivity contribution < 1.29 is 22.7 Å². The van der Waals surface area contributed by atoms with E-state index in [9.17, 15) is 13.2 Å². The number of methoxy groups -OCH3 is 1. The van der Waals surface area contributed by atoms with Crippen molar-refractivity contribution in [1.82, 2.24) is 4.72 Å². The molecule has 9 heteroatoms. The average Bonchev–Trinajstić information content (AvgIpc) is 3.12. The van der Waals surface area contributed by atoms with Crippen LogP contribution >= 0.6 is 11.6 Å². The van der Waals surface area contributed by atoms with E-state index < -0.39 is 15.9 Å². The van der Waals surface area contributed by atoms with Gasteiger partial charge < -0.3 is 14.4 Å². The topological polar surface area (TPSA) is 84.9 Å². The van der Waals surface area contributed by atoms with Crippen molar-refractivity contribution in [2.45, 2.75) is 64.4 Å². The van der Waals surface area contributed by atoms with Gasteiger partial charge in [0.05, 0.1) is 24.2 Å². The molecule has 1 aromatic rings. The van der Waals surface area contributed by atoms with Crippen LogP contribution < -0.4 is 14.4 Å². The maximum absolute atomic E-state index is 13.4. The molecule has 2 saturated carbocycles. The van der Waals surface area contributed by atoms with Crippen molar-refractivity contribution in [2.75, 3.05) is 37.5 Å². The van der Waals surface area contributed by atoms with E-state index in [1.165, 1.54) is 5.57 Å². The molecule has 4 aliphatic carbocycles. The van der Waals surface area contributed by atoms with Gasteiger partial charge in [-0.3, -0.25) is 4.79 Å². The van der Waals surface area contributed by atoms with E-state index >= 15 is 0 Å². The molecule has 1 spiro atoms. The minimum atomic E-state index is -3.79. The highest BCUT2D eigenvalue weighted by Crippen LogP contribution is 2.59. The van der Waals surface area contributed by atoms with Crippen molar-refractivity contribution in [2.24, 2.45) is 34.5 Å². The van der Waals surface area contributed by atoms with Crippen LogP contribution in [0.15, 0.2) is 53.1 Å². The summed E-state index contributed by atoms with van der Waals surface area (Å²) in [5, 5.41) is 0.805. The summed E-state index contributed by atoms with van der Waals surface area (Å²) in [7, 11) is -1.97. The molecule has 232 valence electrons. The third-order valence-corrected chi connectivity index (χ3v) is 13.4. The second-order valence-electron chi connectivity index (χ2n) is 14.1. The number of ether oxygens (including phenoxy) is 2. The van der Waals surface area contributed by atoms with Crippen LogP contribution in [0.1, 0.15) is 68.6 Å². The number of nitrogens with zero attached hydrogens (tertiary/aromatic N) is 1. The Morgan fingerprint density at radius 3 is 2.79 bits per heavy atom. The number of carbonyl (C=O) groups excluding carboxylic acids is 1. The fraction of sp³-hybridized carbons (Fsp3) is 0.618. The normalized spacial score (nSPS) is 38.4. The van der Waals surface area contributed by atoms with Crippen LogP contribution in [0.4, 0.5) is 5.69 Å². The Hall–Kier alpha value is -2.29. The van der Waals surface area contributed by atoms with Crippen molar-refractivity contribution >= 4 is 33.2 Å². The molecule has 7 aliphatic rings. The molecule has 3 heterocycles. The van der Waals surface area contributed by atoms with Crippen molar-refractivity contribution in [3.8, 4) is 5.75 Å². The van der Waals surface area contributed by atoms with Gasteiger partial charge in [0.25, 0.3) is 5.91 Å². The first-order valence-electron chi connectivity index (χ1n) is 15.9. The van der Waals surface area contributed by atoms with Crippen molar-refractivity contribution in [1.29, 1.82) is 0 Å². The van der Waals surface area contributed by atoms with Gasteiger partial charge in [0.2, 0.25) is 10.0 Å². The van der Waals surface area contributed by atoms with E-state index in [0.29, 0.717) is 36.3 Å². The molecule has 0 radical (unpaired) electrons. The number of carbonyl (C=O) groups is 1. The van der Waals surface area contributed by atoms with Crippen LogP contribution in [0.25, 0.3) is 0 Å². The van der Waals surface area contributed by atoms with Crippen LogP contribution in [0.5, 0.6) is 5.75 Å². The summed E-state index contributed by atoms with van der Waals surface area (Å²) in [6, 6.07) is 5.39. The van der Waals surface area contributed by atoms with Crippen LogP contribution in [0, 0.1) is 34.5 Å². The molecule has 8 rings (SSSR count). The van der Waals surface area contributed by atoms with E-state index in [2.05, 4.69) is 34.8 Å². The van der Waals surface area contributed by atoms with Gasteiger partial charge in [-0.2, -0.15) is 0 Å². The number of halogens is 1. The molecule has 4 bridgehead atoms. The Labute approximate surface area is 260 Å². The fourth-order valence-electron chi connectivity index (χ4n) is 9.03. The number of rotatable bonds is 1. The summed E-state index contributed by atoms with van der Waals surface area (Å²) in [6.07, 6.45) is 16.7. The molecule has 1 amide bonds. The molecule has 7 atom stereocenters. The maximum atomic E-state index is 13.4. The predicted octanol–water partition coefficient (Wildman–Crippen LogP) is 6.21. The second kappa shape index (κ2) is 11.0. The minimum absolute atomic E-state index is 0.0111. The molecule has 7 nitrogen and oxygen atoms in total. The molecule has 3 aliphatic heterocycles. The number of amides is 1. The molecule has 43 heavy (non-hydrogen) atoms. The molecule has 0 aromatic heterocycles. The zero-order chi connectivity index (χ0) is 30.0. The summed E-state index contributed by atoms with van der Waals surface area (Å²) < 4.78 is 41.4. The number of hydrogen-bond acceptors (Lipinski definition) is 6. The van der Waals surface area contributed by atoms with Gasteiger partial charge in [0, 0.05) is 41.6 Å². The quantitative estimate of drug-likeness (QED) is 0.373. The monoisotopic (exact) mass is 626 g/mol. The Bertz CT molecular complexity index is 1500. The van der Waals surface area contributed by atoms with E-state index in [-0.39, 0.29) is 28.6 Å². The largest absolute Gasteiger partial charge is 0.491 e. The van der Waals surface area contributed by atoms with Crippen LogP contribution in [0.2, 0.25) is 0 Å². The molecule has 2 fully saturated rings. The second-order valence-corrected chi connectivity index (χ2v) is 16.3. The number of sulfonamides is 1. The molecular weight excluding hydrogens is 584 g/mol. The lowest BCUT2D eigenvalue weighted by molar-refractivity contribution is -0.0258. The first-order chi connectivity index (χ1) is 20.6. The summed E-state index contributed by atoms with van der Waals surface area (Å²) in [6.45, 7) is 4.56. The Balaban J connectivity index is 1.31. The fourth-order valence-corrected chi connectivity index (χ4v) is 10.7. The van der Waals surface area contributed by atoms with Crippen molar-refractivity contribution in [3.63, 3.8) is 0 Å². The van der Waals surface area contributed by atoms with Gasteiger partial charge in [-0.15, -0.1) is 0 Å². The standard InChI is InChI=1S/C34H43ClN2O5S/c1-33-15-13-27(35)17-26(33)4-3-14-34(33)20-37-18-25-9-11-28(25)31(41-2)23-7-5-22(6-8-23)19-43(39,40)36-32(38)24-10-12-30(42-21-34)29(37)16-24/h7,10,12-13,15-17,22,25-26,28,31H,3-6,8-9,11,14,18-21H2,1-2H3,(H,36,38)/t22?,25-,26?,28+,31+,33?,34-/m0/s1. The Kier molecular flexibility index (Phi) is 7.49. The van der Waals surface area contributed by atoms with Gasteiger partial charge in [-0.25, -0.2) is 13.1 Å². The Morgan fingerprint density at radius 2 is 2.05 bits per heavy atom. The molecule has 0 saturated heterocycles. The zero-order valence-corrected chi connectivity index (χ0v) is 26.8. The number of nitrogens with one attached hydrogen (secondary N) is 1. The first kappa shape index (κ1) is 29.4. The van der Waals surface area contributed by atoms with Gasteiger partial charge in [-0.05, 0) is 98.5 Å². The summed E-state index contributed by atoms with van der Waals surface area (Å²) in [4.78, 5) is 15.8. The van der Waals surface area contributed by atoms with Gasteiger partial charge in [-0.1, -0.05) is 43.2 Å². The van der Waals surface area contributed by atoms with E-state index in [1.54, 1.807) is 6.07 Å². The molecule has 1 aromatic carbocycles. The number of anilines is 1. The lowest BCUT2D eigenvalue weighted by atomic mass is 9.51. The minimum Gasteiger partial charge on any atom is -0.491 e. The third-order valence-electron chi connectivity index (χ3n) is 11.8. The highest BCUT2D eigenvalue weighted by Gasteiger charge is 2.56. The van der Waals surface area contributed by atoms with E-state index in [4.69, 9.17) is 21.1 Å². The van der Waals surface area contributed by atoms with Gasteiger partial charge in [0.1, 0.15) is 5.75 Å². The summed E-state index contributed by atoms with van der Waals surface area (Å²) in [5.74, 6) is 1.28. The predicted molar refractivity (Wildman–Crippen MR) is 169 cm³/mol. The summed E-state index contributed by atoms with van der Waals surface area (Å²) in [5.41, 5.74) is 2.22.